The average Bonchev–Trinajstić information content (AvgIpc) is 2.40. The van der Waals surface area contributed by atoms with E-state index in [1.165, 1.54) is 12.5 Å². The molecule has 0 bridgehead atoms. The van der Waals surface area contributed by atoms with Crippen molar-refractivity contribution >= 4 is 11.7 Å². The predicted molar refractivity (Wildman–Crippen MR) is 69.7 cm³/mol. The molecule has 6 nitrogen and oxygen atoms in total. The highest BCUT2D eigenvalue weighted by Crippen LogP contribution is 2.13. The monoisotopic (exact) mass is 259 g/mol. The first-order valence-corrected chi connectivity index (χ1v) is 5.68. The van der Waals surface area contributed by atoms with Crippen molar-refractivity contribution in [2.75, 3.05) is 5.73 Å². The number of nitrogens with zero attached hydrogens (tertiary/aromatic N) is 2. The summed E-state index contributed by atoms with van der Waals surface area (Å²) in [6.07, 6.45) is 2.60. The molecule has 19 heavy (non-hydrogen) atoms. The van der Waals surface area contributed by atoms with Gasteiger partial charge in [-0.25, -0.2) is 9.78 Å². The minimum Gasteiger partial charge on any atom is -0.480 e. The highest BCUT2D eigenvalue weighted by atomic mass is 16.4. The van der Waals surface area contributed by atoms with Crippen molar-refractivity contribution in [3.63, 3.8) is 0 Å². The smallest absolute Gasteiger partial charge is 0.327 e. The number of aliphatic carboxylic acids is 1. The van der Waals surface area contributed by atoms with E-state index in [-0.39, 0.29) is 12.1 Å². The van der Waals surface area contributed by atoms with E-state index in [0.717, 1.165) is 10.1 Å². The average molecular weight is 259 g/mol. The Morgan fingerprint density at radius 2 is 2.05 bits per heavy atom. The van der Waals surface area contributed by atoms with Gasteiger partial charge in [-0.15, -0.1) is 0 Å². The van der Waals surface area contributed by atoms with E-state index < -0.39 is 17.6 Å². The van der Waals surface area contributed by atoms with Gasteiger partial charge in [-0.1, -0.05) is 30.3 Å². The van der Waals surface area contributed by atoms with Crippen LogP contribution in [-0.4, -0.2) is 20.6 Å². The van der Waals surface area contributed by atoms with Crippen LogP contribution in [0.5, 0.6) is 0 Å². The van der Waals surface area contributed by atoms with Crippen molar-refractivity contribution in [2.45, 2.75) is 12.5 Å². The summed E-state index contributed by atoms with van der Waals surface area (Å²) in [7, 11) is 0. The van der Waals surface area contributed by atoms with Crippen molar-refractivity contribution in [3.05, 3.63) is 58.8 Å². The molecule has 1 aromatic carbocycles. The summed E-state index contributed by atoms with van der Waals surface area (Å²) >= 11 is 0. The van der Waals surface area contributed by atoms with E-state index in [4.69, 9.17) is 5.73 Å². The number of nitrogen functional groups attached to an aromatic ring is 1. The first-order valence-electron chi connectivity index (χ1n) is 5.68. The maximum absolute atomic E-state index is 11.8. The summed E-state index contributed by atoms with van der Waals surface area (Å²) in [5.74, 6) is -1.10. The second-order valence-electron chi connectivity index (χ2n) is 4.11. The Morgan fingerprint density at radius 3 is 2.68 bits per heavy atom. The van der Waals surface area contributed by atoms with Gasteiger partial charge in [0.05, 0.1) is 12.5 Å². The summed E-state index contributed by atoms with van der Waals surface area (Å²) in [6.45, 7) is 0. The van der Waals surface area contributed by atoms with Crippen LogP contribution in [0.2, 0.25) is 0 Å². The highest BCUT2D eigenvalue weighted by molar-refractivity contribution is 5.72. The lowest BCUT2D eigenvalue weighted by Crippen LogP contribution is -2.32. The van der Waals surface area contributed by atoms with Crippen LogP contribution in [0.15, 0.2) is 47.7 Å². The Bertz CT molecular complexity index is 637. The number of aromatic nitrogens is 2. The summed E-state index contributed by atoms with van der Waals surface area (Å²) in [6, 6.07) is 8.06. The van der Waals surface area contributed by atoms with Crippen molar-refractivity contribution in [1.29, 1.82) is 0 Å². The fourth-order valence-corrected chi connectivity index (χ4v) is 1.81. The first-order chi connectivity index (χ1) is 9.09. The fraction of sp³-hybridized carbons (Fsp3) is 0.154. The first kappa shape index (κ1) is 12.8. The molecule has 3 N–H and O–H groups in total. The molecule has 0 saturated carbocycles. The van der Waals surface area contributed by atoms with E-state index in [1.54, 1.807) is 12.1 Å². The maximum atomic E-state index is 11.8. The largest absolute Gasteiger partial charge is 0.480 e. The molecule has 0 fully saturated rings. The van der Waals surface area contributed by atoms with E-state index >= 15 is 0 Å². The molecule has 2 aromatic rings. The normalized spacial score (nSPS) is 12.0. The summed E-state index contributed by atoms with van der Waals surface area (Å²) in [5, 5.41) is 9.28. The van der Waals surface area contributed by atoms with Crippen LogP contribution in [-0.2, 0) is 11.2 Å². The van der Waals surface area contributed by atoms with Crippen molar-refractivity contribution in [3.8, 4) is 0 Å². The second-order valence-corrected chi connectivity index (χ2v) is 4.11. The topological polar surface area (TPSA) is 98.2 Å². The van der Waals surface area contributed by atoms with Gasteiger partial charge in [0, 0.05) is 6.42 Å². The zero-order chi connectivity index (χ0) is 13.8. The van der Waals surface area contributed by atoms with Crippen LogP contribution in [0, 0.1) is 0 Å². The number of hydrogen-bond donors (Lipinski definition) is 2. The summed E-state index contributed by atoms with van der Waals surface area (Å²) < 4.78 is 1.05. The molecule has 0 saturated heterocycles. The fourth-order valence-electron chi connectivity index (χ4n) is 1.81. The number of carboxylic acids is 1. The molecule has 2 rings (SSSR count). The zero-order valence-electron chi connectivity index (χ0n) is 10.1. The second kappa shape index (κ2) is 5.34. The van der Waals surface area contributed by atoms with Gasteiger partial charge in [-0.3, -0.25) is 9.36 Å². The Morgan fingerprint density at radius 1 is 1.37 bits per heavy atom. The van der Waals surface area contributed by atoms with Crippen LogP contribution in [0.1, 0.15) is 11.6 Å². The molecule has 0 radical (unpaired) electrons. The van der Waals surface area contributed by atoms with E-state index in [2.05, 4.69) is 4.98 Å². The van der Waals surface area contributed by atoms with Gasteiger partial charge in [0.25, 0.3) is 5.56 Å². The maximum Gasteiger partial charge on any atom is 0.327 e. The number of nitrogens with two attached hydrogens (primary N) is 1. The molecular weight excluding hydrogens is 246 g/mol. The van der Waals surface area contributed by atoms with Gasteiger partial charge in [0.2, 0.25) is 0 Å². The molecule has 0 amide bonds. The lowest BCUT2D eigenvalue weighted by Gasteiger charge is -2.15. The van der Waals surface area contributed by atoms with Crippen LogP contribution in [0.3, 0.4) is 0 Å². The molecule has 6 heteroatoms. The third-order valence-corrected chi connectivity index (χ3v) is 2.78. The molecule has 0 spiro atoms. The van der Waals surface area contributed by atoms with E-state index in [9.17, 15) is 14.7 Å². The van der Waals surface area contributed by atoms with Crippen LogP contribution >= 0.6 is 0 Å². The molecule has 1 atom stereocenters. The molecule has 98 valence electrons. The summed E-state index contributed by atoms with van der Waals surface area (Å²) in [5.41, 5.74) is 5.68. The molecule has 1 aromatic heterocycles. The summed E-state index contributed by atoms with van der Waals surface area (Å²) in [4.78, 5) is 26.9. The SMILES string of the molecule is Nc1cncn(C(Cc2ccccc2)C(=O)O)c1=O. The molecule has 0 aliphatic rings. The van der Waals surface area contributed by atoms with Crippen molar-refractivity contribution in [1.82, 2.24) is 9.55 Å². The number of anilines is 1. The van der Waals surface area contributed by atoms with E-state index in [0.29, 0.717) is 0 Å². The lowest BCUT2D eigenvalue weighted by atomic mass is 10.1. The molecule has 1 unspecified atom stereocenters. The molecule has 0 aliphatic heterocycles. The van der Waals surface area contributed by atoms with Gasteiger partial charge in [-0.05, 0) is 5.56 Å². The van der Waals surface area contributed by atoms with Gasteiger partial charge in [-0.2, -0.15) is 0 Å². The van der Waals surface area contributed by atoms with Crippen molar-refractivity contribution in [2.24, 2.45) is 0 Å². The lowest BCUT2D eigenvalue weighted by molar-refractivity contribution is -0.141. The number of carbonyl (C=O) groups is 1. The quantitative estimate of drug-likeness (QED) is 0.841. The minimum absolute atomic E-state index is 0.0678. The van der Waals surface area contributed by atoms with Gasteiger partial charge < -0.3 is 10.8 Å². The van der Waals surface area contributed by atoms with Crippen molar-refractivity contribution < 1.29 is 9.90 Å². The standard InChI is InChI=1S/C13H13N3O3/c14-10-7-15-8-16(12(10)17)11(13(18)19)6-9-4-2-1-3-5-9/h1-5,7-8,11H,6,14H2,(H,18,19). The third-order valence-electron chi connectivity index (χ3n) is 2.78. The number of rotatable bonds is 4. The Hall–Kier alpha value is -2.63. The Kier molecular flexibility index (Phi) is 3.61. The van der Waals surface area contributed by atoms with Gasteiger partial charge in [0.15, 0.2) is 0 Å². The number of hydrogen-bond acceptors (Lipinski definition) is 4. The Labute approximate surface area is 109 Å². The van der Waals surface area contributed by atoms with Crippen LogP contribution < -0.4 is 11.3 Å². The molecular formula is C13H13N3O3. The minimum atomic E-state index is -1.10. The molecule has 1 heterocycles. The molecule has 0 aliphatic carbocycles. The van der Waals surface area contributed by atoms with E-state index in [1.807, 2.05) is 18.2 Å². The van der Waals surface area contributed by atoms with Crippen LogP contribution in [0.4, 0.5) is 5.69 Å². The van der Waals surface area contributed by atoms with Gasteiger partial charge in [0.1, 0.15) is 11.7 Å². The number of benzene rings is 1. The highest BCUT2D eigenvalue weighted by Gasteiger charge is 2.21. The van der Waals surface area contributed by atoms with Crippen LogP contribution in [0.25, 0.3) is 0 Å². The third kappa shape index (κ3) is 2.79. The number of carboxylic acid groups (broad SMARTS) is 1. The predicted octanol–water partition coefficient (Wildman–Crippen LogP) is 0.694. The van der Waals surface area contributed by atoms with Gasteiger partial charge >= 0.3 is 5.97 Å². The zero-order valence-corrected chi connectivity index (χ0v) is 10.1. The Balaban J connectivity index is 2.39.